The molecule has 1 fully saturated rings. The van der Waals surface area contributed by atoms with E-state index in [2.05, 4.69) is 6.92 Å². The van der Waals surface area contributed by atoms with Crippen LogP contribution in [0.25, 0.3) is 0 Å². The average Bonchev–Trinajstić information content (AvgIpc) is 1.87. The minimum atomic E-state index is -0.490. The van der Waals surface area contributed by atoms with E-state index in [9.17, 15) is 4.21 Å². The number of hydrogen-bond acceptors (Lipinski definition) is 2. The van der Waals surface area contributed by atoms with Crippen LogP contribution < -0.4 is 0 Å². The summed E-state index contributed by atoms with van der Waals surface area (Å²) in [6, 6.07) is 0. The number of rotatable bonds is 0. The van der Waals surface area contributed by atoms with Crippen molar-refractivity contribution in [1.29, 1.82) is 0 Å². The maximum absolute atomic E-state index is 10.5. The second-order valence-corrected chi connectivity index (χ2v) is 5.00. The Hall–Kier alpha value is 0.500. The first-order chi connectivity index (χ1) is 3.29. The highest BCUT2D eigenvalue weighted by Gasteiger charge is 2.15. The second-order valence-electron chi connectivity index (χ2n) is 1.70. The molecule has 0 saturated carbocycles. The van der Waals surface area contributed by atoms with Crippen molar-refractivity contribution in [3.8, 4) is 0 Å². The third-order valence-corrected chi connectivity index (χ3v) is 4.32. The van der Waals surface area contributed by atoms with Crippen LogP contribution in [0.3, 0.4) is 0 Å². The van der Waals surface area contributed by atoms with E-state index in [1.807, 2.05) is 0 Å². The standard InChI is InChI=1S/C4H8OS2/c1-4-2-7(5)3-6-4/h4H,2-3H2,1H3. The van der Waals surface area contributed by atoms with Gasteiger partial charge >= 0.3 is 0 Å². The van der Waals surface area contributed by atoms with Gasteiger partial charge in [0, 0.05) is 21.8 Å². The zero-order valence-electron chi connectivity index (χ0n) is 4.22. The lowest BCUT2D eigenvalue weighted by molar-refractivity contribution is 0.686. The molecule has 0 bridgehead atoms. The van der Waals surface area contributed by atoms with Gasteiger partial charge in [-0.05, 0) is 0 Å². The van der Waals surface area contributed by atoms with Gasteiger partial charge in [0.05, 0.1) is 5.08 Å². The minimum absolute atomic E-state index is 0.490. The van der Waals surface area contributed by atoms with Gasteiger partial charge in [-0.15, -0.1) is 11.8 Å². The van der Waals surface area contributed by atoms with Crippen molar-refractivity contribution < 1.29 is 4.21 Å². The molecular weight excluding hydrogens is 128 g/mol. The summed E-state index contributed by atoms with van der Waals surface area (Å²) in [6.45, 7) is 2.12. The van der Waals surface area contributed by atoms with Crippen molar-refractivity contribution >= 4 is 22.6 Å². The molecule has 1 saturated heterocycles. The molecule has 1 aliphatic rings. The van der Waals surface area contributed by atoms with Crippen LogP contribution in [-0.4, -0.2) is 20.3 Å². The van der Waals surface area contributed by atoms with Gasteiger partial charge in [-0.25, -0.2) is 0 Å². The lowest BCUT2D eigenvalue weighted by atomic mass is 10.6. The normalized spacial score (nSPS) is 41.9. The van der Waals surface area contributed by atoms with Crippen molar-refractivity contribution in [2.75, 3.05) is 10.8 Å². The Bertz CT molecular complexity index is 91.7. The van der Waals surface area contributed by atoms with Gasteiger partial charge < -0.3 is 0 Å². The molecular formula is C4H8OS2. The van der Waals surface area contributed by atoms with Gasteiger partial charge in [0.25, 0.3) is 0 Å². The smallest absolute Gasteiger partial charge is 0.0695 e. The predicted octanol–water partition coefficient (Wildman–Crippen LogP) is 0.828. The highest BCUT2D eigenvalue weighted by atomic mass is 32.2. The van der Waals surface area contributed by atoms with Gasteiger partial charge in [0.2, 0.25) is 0 Å². The molecule has 0 aliphatic carbocycles. The zero-order valence-corrected chi connectivity index (χ0v) is 5.85. The third-order valence-electron chi connectivity index (χ3n) is 0.905. The van der Waals surface area contributed by atoms with Crippen molar-refractivity contribution in [1.82, 2.24) is 0 Å². The lowest BCUT2D eigenvalue weighted by Gasteiger charge is -1.89. The molecule has 42 valence electrons. The summed E-state index contributed by atoms with van der Waals surface area (Å²) < 4.78 is 10.5. The first-order valence-electron chi connectivity index (χ1n) is 2.25. The third kappa shape index (κ3) is 1.46. The molecule has 0 spiro atoms. The van der Waals surface area contributed by atoms with Crippen LogP contribution in [-0.2, 0) is 10.8 Å². The van der Waals surface area contributed by atoms with Crippen molar-refractivity contribution in [2.45, 2.75) is 12.2 Å². The zero-order chi connectivity index (χ0) is 5.28. The molecule has 2 atom stereocenters. The summed E-state index contributed by atoms with van der Waals surface area (Å²) in [5.41, 5.74) is 0. The second kappa shape index (κ2) is 2.18. The molecule has 7 heavy (non-hydrogen) atoms. The highest BCUT2D eigenvalue weighted by molar-refractivity contribution is 8.13. The van der Waals surface area contributed by atoms with E-state index in [1.165, 1.54) is 0 Å². The summed E-state index contributed by atoms with van der Waals surface area (Å²) >= 11 is 1.81. The number of hydrogen-bond donors (Lipinski definition) is 0. The van der Waals surface area contributed by atoms with Crippen molar-refractivity contribution in [2.24, 2.45) is 0 Å². The van der Waals surface area contributed by atoms with Gasteiger partial charge in [-0.3, -0.25) is 4.21 Å². The van der Waals surface area contributed by atoms with Crippen LogP contribution in [0.15, 0.2) is 0 Å². The molecule has 1 heterocycles. The lowest BCUT2D eigenvalue weighted by Crippen LogP contribution is -1.96. The Kier molecular flexibility index (Phi) is 1.75. The van der Waals surface area contributed by atoms with Crippen LogP contribution in [0, 0.1) is 0 Å². The minimum Gasteiger partial charge on any atom is -0.259 e. The molecule has 1 nitrogen and oxygen atoms in total. The molecule has 0 radical (unpaired) electrons. The van der Waals surface area contributed by atoms with E-state index in [1.54, 1.807) is 11.8 Å². The molecule has 0 N–H and O–H groups in total. The fourth-order valence-corrected chi connectivity index (χ4v) is 3.84. The van der Waals surface area contributed by atoms with Crippen LogP contribution in [0.5, 0.6) is 0 Å². The summed E-state index contributed by atoms with van der Waals surface area (Å²) in [6.07, 6.45) is 0. The number of thioether (sulfide) groups is 1. The monoisotopic (exact) mass is 136 g/mol. The van der Waals surface area contributed by atoms with Crippen molar-refractivity contribution in [3.05, 3.63) is 0 Å². The van der Waals surface area contributed by atoms with E-state index in [0.717, 1.165) is 10.8 Å². The maximum Gasteiger partial charge on any atom is 0.0695 e. The molecule has 1 rings (SSSR count). The molecule has 2 unspecified atom stereocenters. The van der Waals surface area contributed by atoms with Crippen LogP contribution >= 0.6 is 11.8 Å². The molecule has 0 amide bonds. The molecule has 0 aromatic carbocycles. The van der Waals surface area contributed by atoms with Gasteiger partial charge in [0.1, 0.15) is 0 Å². The van der Waals surface area contributed by atoms with E-state index >= 15 is 0 Å². The summed E-state index contributed by atoms with van der Waals surface area (Å²) in [5, 5.41) is 1.50. The molecule has 1 aliphatic heterocycles. The van der Waals surface area contributed by atoms with E-state index < -0.39 is 10.8 Å². The Morgan fingerprint density at radius 3 is 2.71 bits per heavy atom. The molecule has 3 heteroatoms. The Morgan fingerprint density at radius 1 is 1.86 bits per heavy atom. The Labute approximate surface area is 50.3 Å². The summed E-state index contributed by atoms with van der Waals surface area (Å²) in [4.78, 5) is 0. The predicted molar refractivity (Wildman–Crippen MR) is 34.9 cm³/mol. The largest absolute Gasteiger partial charge is 0.259 e. The van der Waals surface area contributed by atoms with E-state index in [-0.39, 0.29) is 0 Å². The Morgan fingerprint density at radius 2 is 2.57 bits per heavy atom. The van der Waals surface area contributed by atoms with Crippen LogP contribution in [0.4, 0.5) is 0 Å². The SMILES string of the molecule is CC1CS(=O)CS1. The van der Waals surface area contributed by atoms with Crippen LogP contribution in [0.2, 0.25) is 0 Å². The molecule has 0 aromatic rings. The first kappa shape index (κ1) is 5.63. The van der Waals surface area contributed by atoms with Crippen LogP contribution in [0.1, 0.15) is 6.92 Å². The molecule has 0 aromatic heterocycles. The fourth-order valence-electron chi connectivity index (χ4n) is 0.550. The summed E-state index contributed by atoms with van der Waals surface area (Å²) in [7, 11) is -0.490. The Balaban J connectivity index is 2.40. The van der Waals surface area contributed by atoms with Gasteiger partial charge in [0.15, 0.2) is 0 Å². The van der Waals surface area contributed by atoms with E-state index in [4.69, 9.17) is 0 Å². The highest BCUT2D eigenvalue weighted by Crippen LogP contribution is 2.20. The van der Waals surface area contributed by atoms with Gasteiger partial charge in [-0.1, -0.05) is 6.92 Å². The first-order valence-corrected chi connectivity index (χ1v) is 4.79. The summed E-state index contributed by atoms with van der Waals surface area (Å²) in [5.74, 6) is 0.907. The maximum atomic E-state index is 10.5. The quantitative estimate of drug-likeness (QED) is 0.490. The average molecular weight is 136 g/mol. The topological polar surface area (TPSA) is 17.1 Å². The fraction of sp³-hybridized carbons (Fsp3) is 1.00. The van der Waals surface area contributed by atoms with Crippen molar-refractivity contribution in [3.63, 3.8) is 0 Å². The van der Waals surface area contributed by atoms with E-state index in [0.29, 0.717) is 5.25 Å². The van der Waals surface area contributed by atoms with Gasteiger partial charge in [-0.2, -0.15) is 0 Å².